The fourth-order valence-electron chi connectivity index (χ4n) is 2.18. The lowest BCUT2D eigenvalue weighted by atomic mass is 10.1. The largest absolute Gasteiger partial charge is 0.496 e. The van der Waals surface area contributed by atoms with Crippen LogP contribution in [0.5, 0.6) is 5.75 Å². The van der Waals surface area contributed by atoms with E-state index in [-0.39, 0.29) is 17.4 Å². The number of nitrogens with zero attached hydrogens (tertiary/aromatic N) is 1. The fourth-order valence-corrected chi connectivity index (χ4v) is 2.18. The van der Waals surface area contributed by atoms with Crippen LogP contribution in [0.4, 0.5) is 4.39 Å². The van der Waals surface area contributed by atoms with Crippen molar-refractivity contribution in [3.63, 3.8) is 0 Å². The third-order valence-corrected chi connectivity index (χ3v) is 3.23. The highest BCUT2D eigenvalue weighted by Gasteiger charge is 2.20. The van der Waals surface area contributed by atoms with Crippen molar-refractivity contribution in [1.82, 2.24) is 10.3 Å². The summed E-state index contributed by atoms with van der Waals surface area (Å²) in [5.74, 6) is -0.934. The van der Waals surface area contributed by atoms with Crippen LogP contribution in [-0.4, -0.2) is 18.0 Å². The van der Waals surface area contributed by atoms with Crippen molar-refractivity contribution < 1.29 is 13.9 Å². The quantitative estimate of drug-likeness (QED) is 0.940. The number of hydrogen-bond donors (Lipinski definition) is 1. The van der Waals surface area contributed by atoms with Gasteiger partial charge in [-0.2, -0.15) is 0 Å². The molecule has 0 spiro atoms. The maximum atomic E-state index is 13.9. The number of hydrogen-bond acceptors (Lipinski definition) is 3. The summed E-state index contributed by atoms with van der Waals surface area (Å²) in [6.45, 7) is 3.72. The Hall–Kier alpha value is -2.43. The zero-order valence-corrected chi connectivity index (χ0v) is 12.2. The highest BCUT2D eigenvalue weighted by molar-refractivity contribution is 5.97. The molecule has 1 aromatic carbocycles. The number of aryl methyl sites for hydroxylation is 1. The van der Waals surface area contributed by atoms with Crippen LogP contribution in [0.1, 0.15) is 34.6 Å². The summed E-state index contributed by atoms with van der Waals surface area (Å²) in [7, 11) is 1.40. The first-order valence-electron chi connectivity index (χ1n) is 6.59. The average molecular weight is 288 g/mol. The van der Waals surface area contributed by atoms with Gasteiger partial charge in [-0.3, -0.25) is 9.78 Å². The van der Waals surface area contributed by atoms with E-state index in [1.54, 1.807) is 19.2 Å². The lowest BCUT2D eigenvalue weighted by Gasteiger charge is -2.16. The van der Waals surface area contributed by atoms with E-state index in [9.17, 15) is 9.18 Å². The van der Waals surface area contributed by atoms with Crippen LogP contribution < -0.4 is 10.1 Å². The molecule has 5 heteroatoms. The van der Waals surface area contributed by atoms with Gasteiger partial charge in [0.1, 0.15) is 17.1 Å². The molecule has 0 fully saturated rings. The van der Waals surface area contributed by atoms with Crippen LogP contribution in [0.3, 0.4) is 0 Å². The number of amides is 1. The lowest BCUT2D eigenvalue weighted by Crippen LogP contribution is -2.28. The lowest BCUT2D eigenvalue weighted by molar-refractivity contribution is 0.0931. The van der Waals surface area contributed by atoms with Crippen molar-refractivity contribution in [2.45, 2.75) is 19.9 Å². The number of nitrogens with one attached hydrogen (secondary N) is 1. The first-order chi connectivity index (χ1) is 10.0. The van der Waals surface area contributed by atoms with Crippen molar-refractivity contribution in [3.8, 4) is 5.75 Å². The van der Waals surface area contributed by atoms with Gasteiger partial charge in [-0.1, -0.05) is 12.1 Å². The molecular formula is C16H17FN2O2. The van der Waals surface area contributed by atoms with Crippen LogP contribution in [0.25, 0.3) is 0 Å². The number of rotatable bonds is 4. The van der Waals surface area contributed by atoms with Crippen molar-refractivity contribution in [3.05, 3.63) is 59.2 Å². The van der Waals surface area contributed by atoms with Crippen molar-refractivity contribution in [1.29, 1.82) is 0 Å². The summed E-state index contributed by atoms with van der Waals surface area (Å²) in [5.41, 5.74) is 1.62. The molecule has 4 nitrogen and oxygen atoms in total. The van der Waals surface area contributed by atoms with Gasteiger partial charge in [0.15, 0.2) is 0 Å². The summed E-state index contributed by atoms with van der Waals surface area (Å²) < 4.78 is 18.9. The molecule has 0 aliphatic heterocycles. The normalized spacial score (nSPS) is 11.8. The summed E-state index contributed by atoms with van der Waals surface area (Å²) in [5, 5.41) is 2.75. The van der Waals surface area contributed by atoms with Gasteiger partial charge in [0.25, 0.3) is 5.91 Å². The molecule has 1 atom stereocenters. The zero-order valence-electron chi connectivity index (χ0n) is 12.2. The van der Waals surface area contributed by atoms with Gasteiger partial charge in [-0.25, -0.2) is 4.39 Å². The van der Waals surface area contributed by atoms with E-state index in [1.165, 1.54) is 19.2 Å². The molecular weight excluding hydrogens is 271 g/mol. The van der Waals surface area contributed by atoms with Crippen LogP contribution in [0.2, 0.25) is 0 Å². The number of halogens is 1. The molecule has 1 amide bonds. The first-order valence-corrected chi connectivity index (χ1v) is 6.59. The second-order valence-electron chi connectivity index (χ2n) is 4.72. The zero-order chi connectivity index (χ0) is 15.4. The summed E-state index contributed by atoms with van der Waals surface area (Å²) in [4.78, 5) is 16.5. The van der Waals surface area contributed by atoms with Crippen molar-refractivity contribution in [2.75, 3.05) is 7.11 Å². The molecule has 0 aliphatic carbocycles. The Kier molecular flexibility index (Phi) is 4.52. The molecule has 1 N–H and O–H groups in total. The SMILES string of the molecule is COc1cccc(F)c1C(=O)NC(C)c1ncccc1C. The molecule has 1 heterocycles. The summed E-state index contributed by atoms with van der Waals surface area (Å²) in [6.07, 6.45) is 1.66. The maximum Gasteiger partial charge on any atom is 0.258 e. The van der Waals surface area contributed by atoms with E-state index >= 15 is 0 Å². The highest BCUT2D eigenvalue weighted by atomic mass is 19.1. The number of methoxy groups -OCH3 is 1. The molecule has 0 bridgehead atoms. The minimum atomic E-state index is -0.614. The second kappa shape index (κ2) is 6.35. The Morgan fingerprint density at radius 3 is 2.76 bits per heavy atom. The molecule has 2 rings (SSSR count). The molecule has 1 unspecified atom stereocenters. The minimum Gasteiger partial charge on any atom is -0.496 e. The molecule has 1 aromatic heterocycles. The summed E-state index contributed by atoms with van der Waals surface area (Å²) >= 11 is 0. The Labute approximate surface area is 123 Å². The Morgan fingerprint density at radius 1 is 1.33 bits per heavy atom. The van der Waals surface area contributed by atoms with Crippen molar-refractivity contribution in [2.24, 2.45) is 0 Å². The molecule has 110 valence electrons. The highest BCUT2D eigenvalue weighted by Crippen LogP contribution is 2.22. The van der Waals surface area contributed by atoms with E-state index in [0.717, 1.165) is 11.3 Å². The van der Waals surface area contributed by atoms with E-state index in [4.69, 9.17) is 4.74 Å². The van der Waals surface area contributed by atoms with Crippen LogP contribution >= 0.6 is 0 Å². The third-order valence-electron chi connectivity index (χ3n) is 3.23. The molecule has 0 aliphatic rings. The Balaban J connectivity index is 2.25. The van der Waals surface area contributed by atoms with Gasteiger partial charge in [-0.05, 0) is 37.6 Å². The number of carbonyl (C=O) groups excluding carboxylic acids is 1. The van der Waals surface area contributed by atoms with Crippen LogP contribution in [-0.2, 0) is 0 Å². The van der Waals surface area contributed by atoms with E-state index in [2.05, 4.69) is 10.3 Å². The molecule has 0 saturated heterocycles. The Bertz CT molecular complexity index is 658. The second-order valence-corrected chi connectivity index (χ2v) is 4.72. The van der Waals surface area contributed by atoms with Gasteiger partial charge >= 0.3 is 0 Å². The number of ether oxygens (including phenoxy) is 1. The van der Waals surface area contributed by atoms with Crippen LogP contribution in [0.15, 0.2) is 36.5 Å². The molecule has 2 aromatic rings. The van der Waals surface area contributed by atoms with Gasteiger partial charge in [0.05, 0.1) is 18.8 Å². The summed E-state index contributed by atoms with van der Waals surface area (Å²) in [6, 6.07) is 7.69. The first kappa shape index (κ1) is 15.0. The number of benzene rings is 1. The van der Waals surface area contributed by atoms with Gasteiger partial charge in [0.2, 0.25) is 0 Å². The van der Waals surface area contributed by atoms with Gasteiger partial charge in [-0.15, -0.1) is 0 Å². The minimum absolute atomic E-state index is 0.0968. The van der Waals surface area contributed by atoms with Gasteiger partial charge < -0.3 is 10.1 Å². The molecule has 0 saturated carbocycles. The Morgan fingerprint density at radius 2 is 2.10 bits per heavy atom. The average Bonchev–Trinajstić information content (AvgIpc) is 2.46. The topological polar surface area (TPSA) is 51.2 Å². The smallest absolute Gasteiger partial charge is 0.258 e. The monoisotopic (exact) mass is 288 g/mol. The third kappa shape index (κ3) is 3.18. The van der Waals surface area contributed by atoms with E-state index < -0.39 is 11.7 Å². The predicted molar refractivity (Wildman–Crippen MR) is 77.8 cm³/mol. The predicted octanol–water partition coefficient (Wildman–Crippen LogP) is 3.03. The van der Waals surface area contributed by atoms with E-state index in [0.29, 0.717) is 0 Å². The van der Waals surface area contributed by atoms with E-state index in [1.807, 2.05) is 19.1 Å². The fraction of sp³-hybridized carbons (Fsp3) is 0.250. The molecule has 0 radical (unpaired) electrons. The van der Waals surface area contributed by atoms with Crippen molar-refractivity contribution >= 4 is 5.91 Å². The standard InChI is InChI=1S/C16H17FN2O2/c1-10-6-5-9-18-15(10)11(2)19-16(20)14-12(17)7-4-8-13(14)21-3/h4-9,11H,1-3H3,(H,19,20). The molecule has 21 heavy (non-hydrogen) atoms. The number of pyridine rings is 1. The maximum absolute atomic E-state index is 13.9. The van der Waals surface area contributed by atoms with Crippen LogP contribution in [0, 0.1) is 12.7 Å². The number of aromatic nitrogens is 1. The number of carbonyl (C=O) groups is 1. The van der Waals surface area contributed by atoms with Gasteiger partial charge in [0, 0.05) is 6.20 Å².